The van der Waals surface area contributed by atoms with Crippen molar-refractivity contribution in [3.05, 3.63) is 0 Å². The zero-order valence-electron chi connectivity index (χ0n) is 10.5. The summed E-state index contributed by atoms with van der Waals surface area (Å²) in [5.41, 5.74) is 5.72. The average Bonchev–Trinajstić information content (AvgIpc) is 2.72. The summed E-state index contributed by atoms with van der Waals surface area (Å²) in [6.45, 7) is 4.48. The predicted molar refractivity (Wildman–Crippen MR) is 67.7 cm³/mol. The van der Waals surface area contributed by atoms with Gasteiger partial charge in [0, 0.05) is 32.2 Å². The molecule has 0 radical (unpaired) electrons. The van der Waals surface area contributed by atoms with E-state index < -0.39 is 10.2 Å². The van der Waals surface area contributed by atoms with Crippen molar-refractivity contribution < 1.29 is 8.42 Å². The Hall–Kier alpha value is -0.170. The summed E-state index contributed by atoms with van der Waals surface area (Å²) in [6.07, 6.45) is 4.03. The fourth-order valence-electron chi connectivity index (χ4n) is 2.85. The summed E-state index contributed by atoms with van der Waals surface area (Å²) in [5.74, 6) is 0.375. The van der Waals surface area contributed by atoms with Crippen LogP contribution in [0.3, 0.4) is 0 Å². The molecule has 100 valence electrons. The number of rotatable bonds is 3. The molecule has 2 aliphatic heterocycles. The Morgan fingerprint density at radius 3 is 2.41 bits per heavy atom. The maximum Gasteiger partial charge on any atom is 0.282 e. The quantitative estimate of drug-likeness (QED) is 0.799. The number of hydrogen-bond donors (Lipinski definition) is 1. The molecule has 17 heavy (non-hydrogen) atoms. The third-order valence-corrected chi connectivity index (χ3v) is 6.07. The largest absolute Gasteiger partial charge is 0.329 e. The van der Waals surface area contributed by atoms with Crippen LogP contribution in [0.1, 0.15) is 32.6 Å². The second-order valence-electron chi connectivity index (χ2n) is 5.15. The molecule has 2 heterocycles. The van der Waals surface area contributed by atoms with Crippen molar-refractivity contribution in [1.82, 2.24) is 8.61 Å². The highest BCUT2D eigenvalue weighted by Gasteiger charge is 2.41. The molecule has 0 aromatic carbocycles. The van der Waals surface area contributed by atoms with Gasteiger partial charge in [-0.3, -0.25) is 0 Å². The Morgan fingerprint density at radius 2 is 1.82 bits per heavy atom. The SMILES string of the molecule is CC1CCN(S(=O)(=O)N2CCCCC2)C1CN. The van der Waals surface area contributed by atoms with Gasteiger partial charge in [-0.05, 0) is 25.2 Å². The molecule has 2 N–H and O–H groups in total. The first-order valence-electron chi connectivity index (χ1n) is 6.54. The van der Waals surface area contributed by atoms with Crippen LogP contribution < -0.4 is 5.73 Å². The standard InChI is InChI=1S/C11H23N3O2S/c1-10-5-8-14(11(10)9-12)17(15,16)13-6-3-2-4-7-13/h10-11H,2-9,12H2,1H3. The number of nitrogens with zero attached hydrogens (tertiary/aromatic N) is 2. The lowest BCUT2D eigenvalue weighted by Crippen LogP contribution is -2.50. The maximum atomic E-state index is 12.5. The van der Waals surface area contributed by atoms with E-state index in [0.29, 0.717) is 32.1 Å². The topological polar surface area (TPSA) is 66.6 Å². The molecular formula is C11H23N3O2S. The van der Waals surface area contributed by atoms with Gasteiger partial charge >= 0.3 is 0 Å². The average molecular weight is 261 g/mol. The molecule has 2 saturated heterocycles. The second-order valence-corrected chi connectivity index (χ2v) is 7.03. The van der Waals surface area contributed by atoms with E-state index in [1.165, 1.54) is 0 Å². The molecule has 5 nitrogen and oxygen atoms in total. The smallest absolute Gasteiger partial charge is 0.282 e. The van der Waals surface area contributed by atoms with Crippen LogP contribution in [0.2, 0.25) is 0 Å². The molecule has 0 bridgehead atoms. The van der Waals surface area contributed by atoms with Gasteiger partial charge in [-0.2, -0.15) is 17.0 Å². The van der Waals surface area contributed by atoms with E-state index in [1.54, 1.807) is 8.61 Å². The summed E-state index contributed by atoms with van der Waals surface area (Å²) in [6, 6.07) is -0.0121. The molecule has 0 amide bonds. The molecule has 0 spiro atoms. The van der Waals surface area contributed by atoms with Crippen molar-refractivity contribution in [2.45, 2.75) is 38.6 Å². The third kappa shape index (κ3) is 2.50. The van der Waals surface area contributed by atoms with Crippen LogP contribution in [0.15, 0.2) is 0 Å². The van der Waals surface area contributed by atoms with Crippen LogP contribution in [0.4, 0.5) is 0 Å². The highest BCUT2D eigenvalue weighted by atomic mass is 32.2. The van der Waals surface area contributed by atoms with E-state index in [4.69, 9.17) is 5.73 Å². The normalized spacial score (nSPS) is 33.1. The van der Waals surface area contributed by atoms with Crippen LogP contribution in [-0.2, 0) is 10.2 Å². The monoisotopic (exact) mass is 261 g/mol. The van der Waals surface area contributed by atoms with Gasteiger partial charge in [0.2, 0.25) is 0 Å². The summed E-state index contributed by atoms with van der Waals surface area (Å²) in [4.78, 5) is 0. The first kappa shape index (κ1) is 13.3. The Bertz CT molecular complexity index is 352. The molecule has 2 unspecified atom stereocenters. The zero-order chi connectivity index (χ0) is 12.5. The summed E-state index contributed by atoms with van der Waals surface area (Å²) >= 11 is 0. The van der Waals surface area contributed by atoms with Gasteiger partial charge in [0.05, 0.1) is 0 Å². The van der Waals surface area contributed by atoms with Crippen molar-refractivity contribution in [2.24, 2.45) is 11.7 Å². The number of piperidine rings is 1. The molecule has 0 saturated carbocycles. The lowest BCUT2D eigenvalue weighted by Gasteiger charge is -2.33. The van der Waals surface area contributed by atoms with Gasteiger partial charge in [0.25, 0.3) is 10.2 Å². The first-order chi connectivity index (χ1) is 8.07. The molecule has 6 heteroatoms. The van der Waals surface area contributed by atoms with Crippen LogP contribution in [0.25, 0.3) is 0 Å². The highest BCUT2D eigenvalue weighted by molar-refractivity contribution is 7.86. The van der Waals surface area contributed by atoms with Crippen molar-refractivity contribution in [1.29, 1.82) is 0 Å². The molecule has 2 aliphatic rings. The second kappa shape index (κ2) is 5.22. The van der Waals surface area contributed by atoms with E-state index >= 15 is 0 Å². The molecule has 0 aromatic rings. The minimum absolute atomic E-state index is 0.0121. The Labute approximate surface area is 104 Å². The fraction of sp³-hybridized carbons (Fsp3) is 1.00. The lowest BCUT2D eigenvalue weighted by atomic mass is 10.0. The molecule has 2 atom stereocenters. The van der Waals surface area contributed by atoms with Crippen molar-refractivity contribution in [3.8, 4) is 0 Å². The van der Waals surface area contributed by atoms with Crippen LogP contribution in [0, 0.1) is 5.92 Å². The Kier molecular flexibility index (Phi) is 4.07. The van der Waals surface area contributed by atoms with Gasteiger partial charge in [0.1, 0.15) is 0 Å². The van der Waals surface area contributed by atoms with Gasteiger partial charge in [-0.1, -0.05) is 13.3 Å². The highest BCUT2D eigenvalue weighted by Crippen LogP contribution is 2.28. The van der Waals surface area contributed by atoms with E-state index in [0.717, 1.165) is 25.7 Å². The Balaban J connectivity index is 2.14. The van der Waals surface area contributed by atoms with Gasteiger partial charge in [-0.25, -0.2) is 0 Å². The van der Waals surface area contributed by atoms with E-state index in [2.05, 4.69) is 6.92 Å². The lowest BCUT2D eigenvalue weighted by molar-refractivity contribution is 0.286. The summed E-state index contributed by atoms with van der Waals surface area (Å²) < 4.78 is 28.3. The van der Waals surface area contributed by atoms with Crippen LogP contribution >= 0.6 is 0 Å². The molecular weight excluding hydrogens is 238 g/mol. The predicted octanol–water partition coefficient (Wildman–Crippen LogP) is 0.386. The molecule has 0 aliphatic carbocycles. The molecule has 2 fully saturated rings. The zero-order valence-corrected chi connectivity index (χ0v) is 11.3. The maximum absolute atomic E-state index is 12.5. The number of hydrogen-bond acceptors (Lipinski definition) is 3. The summed E-state index contributed by atoms with van der Waals surface area (Å²) in [7, 11) is -3.27. The molecule has 0 aromatic heterocycles. The van der Waals surface area contributed by atoms with Crippen molar-refractivity contribution in [3.63, 3.8) is 0 Å². The van der Waals surface area contributed by atoms with Crippen molar-refractivity contribution >= 4 is 10.2 Å². The van der Waals surface area contributed by atoms with E-state index in [9.17, 15) is 8.42 Å². The summed E-state index contributed by atoms with van der Waals surface area (Å²) in [5, 5.41) is 0. The van der Waals surface area contributed by atoms with Gasteiger partial charge in [-0.15, -0.1) is 0 Å². The van der Waals surface area contributed by atoms with Gasteiger partial charge in [0.15, 0.2) is 0 Å². The van der Waals surface area contributed by atoms with Crippen molar-refractivity contribution in [2.75, 3.05) is 26.2 Å². The Morgan fingerprint density at radius 1 is 1.18 bits per heavy atom. The minimum Gasteiger partial charge on any atom is -0.329 e. The molecule has 2 rings (SSSR count). The fourth-order valence-corrected chi connectivity index (χ4v) is 4.84. The van der Waals surface area contributed by atoms with Crippen LogP contribution in [-0.4, -0.2) is 49.2 Å². The van der Waals surface area contributed by atoms with Crippen LogP contribution in [0.5, 0.6) is 0 Å². The third-order valence-electron chi connectivity index (χ3n) is 4.01. The number of nitrogens with two attached hydrogens (primary N) is 1. The minimum atomic E-state index is -3.27. The first-order valence-corrected chi connectivity index (χ1v) is 7.94. The van der Waals surface area contributed by atoms with Gasteiger partial charge < -0.3 is 5.73 Å². The van der Waals surface area contributed by atoms with E-state index in [-0.39, 0.29) is 6.04 Å². The van der Waals surface area contributed by atoms with E-state index in [1.807, 2.05) is 0 Å².